The molecular weight excluding hydrogens is 341 g/mol. The number of hydrogen-bond donors (Lipinski definition) is 0. The number of hydrogen-bond acceptors (Lipinski definition) is 3. The fourth-order valence-corrected chi connectivity index (χ4v) is 2.64. The first-order valence-electron chi connectivity index (χ1n) is 7.87. The van der Waals surface area contributed by atoms with Gasteiger partial charge in [-0.25, -0.2) is 14.6 Å². The molecule has 2 aromatic carbocycles. The van der Waals surface area contributed by atoms with E-state index in [1.54, 1.807) is 17.1 Å². The van der Waals surface area contributed by atoms with Crippen LogP contribution in [0.15, 0.2) is 60.9 Å². The Hall–Kier alpha value is -3.22. The van der Waals surface area contributed by atoms with Gasteiger partial charge in [0.1, 0.15) is 0 Å². The lowest BCUT2D eigenvalue weighted by Gasteiger charge is -2.07. The van der Waals surface area contributed by atoms with E-state index in [9.17, 15) is 13.2 Å². The van der Waals surface area contributed by atoms with E-state index in [-0.39, 0.29) is 0 Å². The van der Waals surface area contributed by atoms with Gasteiger partial charge in [0, 0.05) is 11.8 Å². The van der Waals surface area contributed by atoms with Gasteiger partial charge in [0.05, 0.1) is 22.8 Å². The van der Waals surface area contributed by atoms with Gasteiger partial charge < -0.3 is 0 Å². The maximum atomic E-state index is 12.7. The van der Waals surface area contributed by atoms with Crippen LogP contribution in [0, 0.1) is 6.92 Å². The third-order valence-corrected chi connectivity index (χ3v) is 4.06. The molecule has 0 aliphatic rings. The minimum Gasteiger partial charge on any atom is -0.236 e. The molecule has 4 rings (SSSR count). The first-order chi connectivity index (χ1) is 12.4. The summed E-state index contributed by atoms with van der Waals surface area (Å²) >= 11 is 0. The molecule has 2 aromatic heterocycles. The molecule has 2 heterocycles. The Morgan fingerprint density at radius 3 is 2.23 bits per heavy atom. The second-order valence-corrected chi connectivity index (χ2v) is 5.94. The van der Waals surface area contributed by atoms with Gasteiger partial charge >= 0.3 is 6.18 Å². The maximum Gasteiger partial charge on any atom is 0.416 e. The molecule has 0 atom stereocenters. The van der Waals surface area contributed by atoms with Crippen LogP contribution in [0.3, 0.4) is 0 Å². The van der Waals surface area contributed by atoms with Crippen molar-refractivity contribution in [3.05, 3.63) is 72.1 Å². The smallest absolute Gasteiger partial charge is 0.236 e. The molecule has 0 radical (unpaired) electrons. The first-order valence-corrected chi connectivity index (χ1v) is 7.87. The van der Waals surface area contributed by atoms with Crippen molar-refractivity contribution in [3.8, 4) is 17.1 Å². The summed E-state index contributed by atoms with van der Waals surface area (Å²) in [5.74, 6) is 0.347. The minimum absolute atomic E-state index is 0.347. The number of alkyl halides is 3. The van der Waals surface area contributed by atoms with Crippen molar-refractivity contribution in [2.45, 2.75) is 13.1 Å². The maximum absolute atomic E-state index is 12.7. The lowest BCUT2D eigenvalue weighted by Crippen LogP contribution is -2.04. The summed E-state index contributed by atoms with van der Waals surface area (Å²) in [7, 11) is 0. The predicted octanol–water partition coefficient (Wildman–Crippen LogP) is 4.81. The predicted molar refractivity (Wildman–Crippen MR) is 91.8 cm³/mol. The lowest BCUT2D eigenvalue weighted by atomic mass is 10.1. The standard InChI is InChI=1S/C19H13F3N4/c1-12-2-8-16(9-3-12)26-18-14(11-24-26)10-23-17(25-18)13-4-6-15(7-5-13)19(20,21)22/h2-11H,1H3. The van der Waals surface area contributed by atoms with E-state index in [4.69, 9.17) is 0 Å². The Kier molecular flexibility index (Phi) is 3.72. The van der Waals surface area contributed by atoms with Crippen molar-refractivity contribution in [1.29, 1.82) is 0 Å². The zero-order chi connectivity index (χ0) is 18.3. The molecular formula is C19H13F3N4. The van der Waals surface area contributed by atoms with Crippen LogP contribution in [0.25, 0.3) is 28.1 Å². The van der Waals surface area contributed by atoms with Crippen LogP contribution >= 0.6 is 0 Å². The molecule has 0 aliphatic carbocycles. The quantitative estimate of drug-likeness (QED) is 0.519. The normalized spacial score (nSPS) is 11.8. The summed E-state index contributed by atoms with van der Waals surface area (Å²) in [6.07, 6.45) is -1.09. The SMILES string of the molecule is Cc1ccc(-n2ncc3cnc(-c4ccc(C(F)(F)F)cc4)nc32)cc1. The fraction of sp³-hybridized carbons (Fsp3) is 0.105. The van der Waals surface area contributed by atoms with Crippen LogP contribution in [-0.4, -0.2) is 19.7 Å². The Morgan fingerprint density at radius 2 is 1.58 bits per heavy atom. The molecule has 0 N–H and O–H groups in total. The Labute approximate surface area is 147 Å². The number of fused-ring (bicyclic) bond motifs is 1. The minimum atomic E-state index is -4.37. The van der Waals surface area contributed by atoms with Gasteiger partial charge in [0.15, 0.2) is 11.5 Å². The van der Waals surface area contributed by atoms with Gasteiger partial charge in [-0.05, 0) is 31.2 Å². The zero-order valence-electron chi connectivity index (χ0n) is 13.7. The van der Waals surface area contributed by atoms with Crippen LogP contribution in [0.4, 0.5) is 13.2 Å². The Morgan fingerprint density at radius 1 is 0.885 bits per heavy atom. The Balaban J connectivity index is 1.78. The van der Waals surface area contributed by atoms with Crippen LogP contribution < -0.4 is 0 Å². The molecule has 4 aromatic rings. The summed E-state index contributed by atoms with van der Waals surface area (Å²) < 4.78 is 39.8. The van der Waals surface area contributed by atoms with Crippen LogP contribution in [0.2, 0.25) is 0 Å². The molecule has 0 fully saturated rings. The molecule has 130 valence electrons. The zero-order valence-corrected chi connectivity index (χ0v) is 13.7. The van der Waals surface area contributed by atoms with Crippen molar-refractivity contribution in [2.24, 2.45) is 0 Å². The highest BCUT2D eigenvalue weighted by Crippen LogP contribution is 2.30. The molecule has 0 spiro atoms. The molecule has 0 unspecified atom stereocenters. The third-order valence-electron chi connectivity index (χ3n) is 4.06. The van der Waals surface area contributed by atoms with E-state index in [1.807, 2.05) is 31.2 Å². The van der Waals surface area contributed by atoms with E-state index >= 15 is 0 Å². The van der Waals surface area contributed by atoms with Crippen molar-refractivity contribution < 1.29 is 13.2 Å². The summed E-state index contributed by atoms with van der Waals surface area (Å²) in [5, 5.41) is 5.09. The molecule has 0 amide bonds. The van der Waals surface area contributed by atoms with Gasteiger partial charge in [-0.15, -0.1) is 0 Å². The van der Waals surface area contributed by atoms with Crippen molar-refractivity contribution in [1.82, 2.24) is 19.7 Å². The van der Waals surface area contributed by atoms with Crippen LogP contribution in [0.5, 0.6) is 0 Å². The van der Waals surface area contributed by atoms with Gasteiger partial charge in [-0.1, -0.05) is 29.8 Å². The van der Waals surface area contributed by atoms with E-state index in [1.165, 1.54) is 12.1 Å². The summed E-state index contributed by atoms with van der Waals surface area (Å²) in [4.78, 5) is 8.75. The number of nitrogens with zero attached hydrogens (tertiary/aromatic N) is 4. The summed E-state index contributed by atoms with van der Waals surface area (Å²) in [6, 6.07) is 12.6. The highest BCUT2D eigenvalue weighted by Gasteiger charge is 2.30. The number of halogens is 3. The van der Waals surface area contributed by atoms with Crippen LogP contribution in [0.1, 0.15) is 11.1 Å². The second kappa shape index (κ2) is 5.94. The fourth-order valence-electron chi connectivity index (χ4n) is 2.64. The van der Waals surface area contributed by atoms with Gasteiger partial charge in [0.25, 0.3) is 0 Å². The van der Waals surface area contributed by atoms with Crippen molar-refractivity contribution in [2.75, 3.05) is 0 Å². The second-order valence-electron chi connectivity index (χ2n) is 5.94. The first kappa shape index (κ1) is 16.3. The van der Waals surface area contributed by atoms with Crippen LogP contribution in [-0.2, 0) is 6.18 Å². The van der Waals surface area contributed by atoms with E-state index in [2.05, 4.69) is 15.1 Å². The monoisotopic (exact) mass is 354 g/mol. The molecule has 0 bridgehead atoms. The summed E-state index contributed by atoms with van der Waals surface area (Å²) in [6.45, 7) is 2.00. The molecule has 26 heavy (non-hydrogen) atoms. The number of aryl methyl sites for hydroxylation is 1. The molecule has 0 aliphatic heterocycles. The van der Waals surface area contributed by atoms with E-state index in [0.29, 0.717) is 17.0 Å². The third kappa shape index (κ3) is 2.92. The topological polar surface area (TPSA) is 43.6 Å². The van der Waals surface area contributed by atoms with Crippen molar-refractivity contribution in [3.63, 3.8) is 0 Å². The number of benzene rings is 2. The van der Waals surface area contributed by atoms with Gasteiger partial charge in [0.2, 0.25) is 0 Å². The number of rotatable bonds is 2. The highest BCUT2D eigenvalue weighted by molar-refractivity contribution is 5.77. The van der Waals surface area contributed by atoms with Gasteiger partial charge in [-0.2, -0.15) is 18.3 Å². The van der Waals surface area contributed by atoms with Crippen molar-refractivity contribution >= 4 is 11.0 Å². The molecule has 0 saturated carbocycles. The lowest BCUT2D eigenvalue weighted by molar-refractivity contribution is -0.137. The molecule has 4 nitrogen and oxygen atoms in total. The molecule has 0 saturated heterocycles. The summed E-state index contributed by atoms with van der Waals surface area (Å²) in [5.41, 5.74) is 2.38. The van der Waals surface area contributed by atoms with E-state index in [0.717, 1.165) is 28.8 Å². The average molecular weight is 354 g/mol. The number of aromatic nitrogens is 4. The highest BCUT2D eigenvalue weighted by atomic mass is 19.4. The average Bonchev–Trinajstić information content (AvgIpc) is 3.05. The Bertz CT molecular complexity index is 1060. The van der Waals surface area contributed by atoms with E-state index < -0.39 is 11.7 Å². The largest absolute Gasteiger partial charge is 0.416 e. The molecule has 7 heteroatoms. The van der Waals surface area contributed by atoms with Gasteiger partial charge in [-0.3, -0.25) is 0 Å².